The quantitative estimate of drug-likeness (QED) is 0.580. The molecule has 2 N–H and O–H groups in total. The van der Waals surface area contributed by atoms with Gasteiger partial charge in [0.05, 0.1) is 30.4 Å². The Morgan fingerprint density at radius 2 is 1.71 bits per heavy atom. The predicted octanol–water partition coefficient (Wildman–Crippen LogP) is 5.67. The van der Waals surface area contributed by atoms with Gasteiger partial charge in [0.2, 0.25) is 0 Å². The van der Waals surface area contributed by atoms with Crippen LogP contribution in [0.25, 0.3) is 0 Å². The number of carbonyl (C=O) groups excluding carboxylic acids is 1. The molecular weight excluding hydrogens is 391 g/mol. The highest BCUT2D eigenvalue weighted by Gasteiger charge is 2.39. The Morgan fingerprint density at radius 1 is 0.935 bits per heavy atom. The van der Waals surface area contributed by atoms with Gasteiger partial charge in [0, 0.05) is 18.0 Å². The van der Waals surface area contributed by atoms with Crippen molar-refractivity contribution in [3.8, 4) is 5.75 Å². The normalized spacial score (nSPS) is 22.2. The van der Waals surface area contributed by atoms with Crippen molar-refractivity contribution in [2.75, 3.05) is 17.7 Å². The summed E-state index contributed by atoms with van der Waals surface area (Å²) in [7, 11) is 1.64. The maximum Gasteiger partial charge on any atom is 0.145 e. The number of Topliss-reactive ketones (excluding diaryl/α,β-unsaturated/α-hetero) is 1. The number of nitrogens with one attached hydrogen (secondary N) is 2. The fourth-order valence-electron chi connectivity index (χ4n) is 4.54. The lowest BCUT2D eigenvalue weighted by molar-refractivity contribution is -0.122. The first-order chi connectivity index (χ1) is 15.1. The molecule has 3 unspecified atom stereocenters. The van der Waals surface area contributed by atoms with Crippen molar-refractivity contribution in [1.29, 1.82) is 0 Å². The summed E-state index contributed by atoms with van der Waals surface area (Å²) in [5, 5.41) is 7.09. The van der Waals surface area contributed by atoms with Gasteiger partial charge in [-0.15, -0.1) is 0 Å². The Labute approximate surface area is 180 Å². The van der Waals surface area contributed by atoms with Gasteiger partial charge in [-0.1, -0.05) is 42.5 Å². The first kappa shape index (κ1) is 19.4. The lowest BCUT2D eigenvalue weighted by Gasteiger charge is -2.32. The zero-order chi connectivity index (χ0) is 21.4. The molecule has 0 radical (unpaired) electrons. The van der Waals surface area contributed by atoms with Crippen LogP contribution in [-0.2, 0) is 4.79 Å². The van der Waals surface area contributed by atoms with Gasteiger partial charge in [-0.3, -0.25) is 4.79 Å². The summed E-state index contributed by atoms with van der Waals surface area (Å²) in [6.07, 6.45) is 2.50. The second-order valence-electron chi connectivity index (χ2n) is 8.00. The Balaban J connectivity index is 1.61. The smallest absolute Gasteiger partial charge is 0.145 e. The minimum Gasteiger partial charge on any atom is -0.497 e. The van der Waals surface area contributed by atoms with E-state index in [-0.39, 0.29) is 29.5 Å². The van der Waals surface area contributed by atoms with Gasteiger partial charge >= 0.3 is 0 Å². The molecule has 0 saturated carbocycles. The van der Waals surface area contributed by atoms with Gasteiger partial charge in [0.1, 0.15) is 17.3 Å². The van der Waals surface area contributed by atoms with Crippen molar-refractivity contribution in [2.45, 2.75) is 18.4 Å². The van der Waals surface area contributed by atoms with E-state index in [0.717, 1.165) is 33.9 Å². The summed E-state index contributed by atoms with van der Waals surface area (Å²) >= 11 is 0. The summed E-state index contributed by atoms with van der Waals surface area (Å²) in [6.45, 7) is 0. The summed E-state index contributed by atoms with van der Waals surface area (Å²) in [4.78, 5) is 13.5. The van der Waals surface area contributed by atoms with Crippen LogP contribution in [0, 0.1) is 11.7 Å². The molecule has 1 aliphatic heterocycles. The van der Waals surface area contributed by atoms with E-state index in [2.05, 4.69) is 16.7 Å². The number of anilines is 2. The van der Waals surface area contributed by atoms with Crippen LogP contribution in [0.15, 0.2) is 84.6 Å². The fraction of sp³-hybridized carbons (Fsp3) is 0.192. The number of ether oxygens (including phenoxy) is 1. The molecule has 1 heterocycles. The van der Waals surface area contributed by atoms with Crippen LogP contribution in [-0.4, -0.2) is 12.9 Å². The highest BCUT2D eigenvalue weighted by Crippen LogP contribution is 2.44. The number of halogens is 1. The van der Waals surface area contributed by atoms with E-state index in [1.54, 1.807) is 19.2 Å². The Bertz CT molecular complexity index is 1160. The standard InChI is InChI=1S/C26H23FN2O2/c1-31-20-6-4-5-17(13-20)26-25-23(28-21-7-2-3-8-22(21)29-26)14-18(15-24(25)30)16-9-11-19(27)12-10-16/h2-14,18,25-26,28-29H,15H2,1H3. The molecule has 0 saturated heterocycles. The summed E-state index contributed by atoms with van der Waals surface area (Å²) in [5.41, 5.74) is 4.66. The third-order valence-electron chi connectivity index (χ3n) is 6.09. The molecule has 4 nitrogen and oxygen atoms in total. The molecule has 5 rings (SSSR count). The number of rotatable bonds is 3. The number of hydrogen-bond acceptors (Lipinski definition) is 4. The Morgan fingerprint density at radius 3 is 2.48 bits per heavy atom. The van der Waals surface area contributed by atoms with Gasteiger partial charge in [-0.2, -0.15) is 0 Å². The van der Waals surface area contributed by atoms with E-state index in [9.17, 15) is 9.18 Å². The third kappa shape index (κ3) is 3.67. The molecule has 1 aliphatic carbocycles. The van der Waals surface area contributed by atoms with Crippen LogP contribution in [0.4, 0.5) is 15.8 Å². The SMILES string of the molecule is COc1cccc(C2Nc3ccccc3NC3=CC(c4ccc(F)cc4)CC(=O)C32)c1. The van der Waals surface area contributed by atoms with E-state index in [0.29, 0.717) is 6.42 Å². The van der Waals surface area contributed by atoms with Crippen LogP contribution >= 0.6 is 0 Å². The van der Waals surface area contributed by atoms with Crippen molar-refractivity contribution < 1.29 is 13.9 Å². The average molecular weight is 414 g/mol. The number of para-hydroxylation sites is 2. The second kappa shape index (κ2) is 7.91. The Kier molecular flexibility index (Phi) is 4.94. The molecule has 3 aromatic carbocycles. The number of allylic oxidation sites excluding steroid dienone is 1. The molecule has 3 aromatic rings. The first-order valence-electron chi connectivity index (χ1n) is 10.4. The average Bonchev–Trinajstić information content (AvgIpc) is 2.96. The molecule has 0 amide bonds. The monoisotopic (exact) mass is 414 g/mol. The highest BCUT2D eigenvalue weighted by molar-refractivity contribution is 5.90. The third-order valence-corrected chi connectivity index (χ3v) is 6.09. The zero-order valence-electron chi connectivity index (χ0n) is 17.1. The van der Waals surface area contributed by atoms with Crippen molar-refractivity contribution >= 4 is 17.2 Å². The molecule has 2 aliphatic rings. The molecule has 0 aromatic heterocycles. The summed E-state index contributed by atoms with van der Waals surface area (Å²) < 4.78 is 18.8. The van der Waals surface area contributed by atoms with E-state index < -0.39 is 0 Å². The van der Waals surface area contributed by atoms with Gasteiger partial charge in [0.15, 0.2) is 0 Å². The first-order valence-corrected chi connectivity index (χ1v) is 10.4. The Hall–Kier alpha value is -3.60. The number of ketones is 1. The lowest BCUT2D eigenvalue weighted by Crippen LogP contribution is -2.33. The number of benzene rings is 3. The van der Waals surface area contributed by atoms with E-state index in [1.165, 1.54) is 12.1 Å². The van der Waals surface area contributed by atoms with Crippen molar-refractivity contribution in [1.82, 2.24) is 0 Å². The van der Waals surface area contributed by atoms with Crippen LogP contribution < -0.4 is 15.4 Å². The minimum absolute atomic E-state index is 0.0944. The van der Waals surface area contributed by atoms with Crippen LogP contribution in [0.1, 0.15) is 29.5 Å². The van der Waals surface area contributed by atoms with Gasteiger partial charge in [-0.05, 0) is 47.5 Å². The highest BCUT2D eigenvalue weighted by atomic mass is 19.1. The number of carbonyl (C=O) groups is 1. The molecule has 0 spiro atoms. The van der Waals surface area contributed by atoms with Gasteiger partial charge in [0.25, 0.3) is 0 Å². The van der Waals surface area contributed by atoms with Crippen LogP contribution in [0.3, 0.4) is 0 Å². The molecule has 31 heavy (non-hydrogen) atoms. The minimum atomic E-state index is -0.365. The van der Waals surface area contributed by atoms with E-state index in [1.807, 2.05) is 48.5 Å². The molecule has 156 valence electrons. The van der Waals surface area contributed by atoms with Crippen LogP contribution in [0.5, 0.6) is 5.75 Å². The van der Waals surface area contributed by atoms with Crippen LogP contribution in [0.2, 0.25) is 0 Å². The molecular formula is C26H23FN2O2. The predicted molar refractivity (Wildman–Crippen MR) is 120 cm³/mol. The molecule has 0 bridgehead atoms. The van der Waals surface area contributed by atoms with Crippen molar-refractivity contribution in [3.63, 3.8) is 0 Å². The topological polar surface area (TPSA) is 50.4 Å². The van der Waals surface area contributed by atoms with Crippen molar-refractivity contribution in [3.05, 3.63) is 102 Å². The maximum absolute atomic E-state index is 13.5. The zero-order valence-corrected chi connectivity index (χ0v) is 17.1. The number of fused-ring (bicyclic) bond motifs is 2. The molecule has 5 heteroatoms. The molecule has 0 fully saturated rings. The van der Waals surface area contributed by atoms with Gasteiger partial charge < -0.3 is 15.4 Å². The van der Waals surface area contributed by atoms with E-state index in [4.69, 9.17) is 4.74 Å². The molecule has 3 atom stereocenters. The van der Waals surface area contributed by atoms with Crippen molar-refractivity contribution in [2.24, 2.45) is 5.92 Å². The fourth-order valence-corrected chi connectivity index (χ4v) is 4.54. The van der Waals surface area contributed by atoms with E-state index >= 15 is 0 Å². The number of methoxy groups -OCH3 is 1. The van der Waals surface area contributed by atoms with Gasteiger partial charge in [-0.25, -0.2) is 4.39 Å². The summed E-state index contributed by atoms with van der Waals surface area (Å²) in [6, 6.07) is 22.0. The lowest BCUT2D eigenvalue weighted by atomic mass is 9.76. The number of hydrogen-bond donors (Lipinski definition) is 2. The summed E-state index contributed by atoms with van der Waals surface area (Å²) in [5.74, 6) is 0.162. The largest absolute Gasteiger partial charge is 0.497 e. The maximum atomic E-state index is 13.5. The second-order valence-corrected chi connectivity index (χ2v) is 8.00.